The van der Waals surface area contributed by atoms with Crippen LogP contribution in [0.3, 0.4) is 0 Å². The van der Waals surface area contributed by atoms with Crippen LogP contribution < -0.4 is 5.73 Å². The van der Waals surface area contributed by atoms with Crippen LogP contribution in [0.25, 0.3) is 0 Å². The van der Waals surface area contributed by atoms with Gasteiger partial charge < -0.3 is 5.73 Å². The fourth-order valence-corrected chi connectivity index (χ4v) is 1.17. The number of aryl methyl sites for hydroxylation is 1. The number of nitrogens with two attached hydrogens (primary N) is 1. The summed E-state index contributed by atoms with van der Waals surface area (Å²) in [5.41, 5.74) is 7.59. The second kappa shape index (κ2) is 3.70. The third-order valence-corrected chi connectivity index (χ3v) is 1.93. The van der Waals surface area contributed by atoms with E-state index in [-0.39, 0.29) is 6.04 Å². The molecule has 0 spiro atoms. The fourth-order valence-electron chi connectivity index (χ4n) is 0.936. The Bertz CT molecular complexity index is 297. The van der Waals surface area contributed by atoms with E-state index in [9.17, 15) is 0 Å². The van der Waals surface area contributed by atoms with Crippen molar-refractivity contribution in [3.8, 4) is 0 Å². The van der Waals surface area contributed by atoms with Gasteiger partial charge in [-0.25, -0.2) is 4.98 Å². The number of aromatic nitrogens is 1. The summed E-state index contributed by atoms with van der Waals surface area (Å²) in [5.74, 6) is 0. The van der Waals surface area contributed by atoms with Gasteiger partial charge in [0.2, 0.25) is 0 Å². The van der Waals surface area contributed by atoms with Gasteiger partial charge in [0.15, 0.2) is 0 Å². The number of hydrogen-bond donors (Lipinski definition) is 1. The molecule has 0 saturated carbocycles. The fraction of sp³-hybridized carbons (Fsp3) is 0.222. The maximum Gasteiger partial charge on any atom is 0.134 e. The lowest BCUT2D eigenvalue weighted by Gasteiger charge is -2.08. The molecule has 3 heteroatoms. The molecular formula is C9H11ClN2. The van der Waals surface area contributed by atoms with Crippen molar-refractivity contribution < 1.29 is 0 Å². The molecule has 0 saturated heterocycles. The molecule has 2 nitrogen and oxygen atoms in total. The molecule has 1 aromatic heterocycles. The first-order chi connectivity index (χ1) is 5.65. The van der Waals surface area contributed by atoms with Crippen LogP contribution in [0.15, 0.2) is 24.9 Å². The SMILES string of the molecule is C=C[C@H](N)c1cc(C)cnc1Cl. The molecule has 0 amide bonds. The van der Waals surface area contributed by atoms with Crippen LogP contribution in [0.5, 0.6) is 0 Å². The second-order valence-corrected chi connectivity index (χ2v) is 3.01. The van der Waals surface area contributed by atoms with Crippen LogP contribution in [0.2, 0.25) is 5.15 Å². The summed E-state index contributed by atoms with van der Waals surface area (Å²) in [4.78, 5) is 3.99. The van der Waals surface area contributed by atoms with Crippen molar-refractivity contribution in [2.45, 2.75) is 13.0 Å². The Labute approximate surface area is 77.1 Å². The Morgan fingerprint density at radius 3 is 3.00 bits per heavy atom. The highest BCUT2D eigenvalue weighted by Gasteiger charge is 2.07. The van der Waals surface area contributed by atoms with E-state index in [2.05, 4.69) is 11.6 Å². The summed E-state index contributed by atoms with van der Waals surface area (Å²) >= 11 is 5.83. The predicted molar refractivity (Wildman–Crippen MR) is 51.1 cm³/mol. The zero-order chi connectivity index (χ0) is 9.14. The Balaban J connectivity index is 3.12. The lowest BCUT2D eigenvalue weighted by atomic mass is 10.1. The Morgan fingerprint density at radius 2 is 2.42 bits per heavy atom. The number of halogens is 1. The highest BCUT2D eigenvalue weighted by atomic mass is 35.5. The Hall–Kier alpha value is -0.860. The first-order valence-corrected chi connectivity index (χ1v) is 4.03. The van der Waals surface area contributed by atoms with E-state index in [1.807, 2.05) is 13.0 Å². The minimum absolute atomic E-state index is 0.232. The third-order valence-electron chi connectivity index (χ3n) is 1.62. The normalized spacial score (nSPS) is 12.6. The average molecular weight is 183 g/mol. The molecule has 0 unspecified atom stereocenters. The molecule has 2 N–H and O–H groups in total. The number of nitrogens with zero attached hydrogens (tertiary/aromatic N) is 1. The summed E-state index contributed by atoms with van der Waals surface area (Å²) < 4.78 is 0. The molecule has 0 aliphatic heterocycles. The maximum absolute atomic E-state index is 5.83. The summed E-state index contributed by atoms with van der Waals surface area (Å²) in [7, 11) is 0. The van der Waals surface area contributed by atoms with E-state index in [0.29, 0.717) is 5.15 Å². The average Bonchev–Trinajstić information content (AvgIpc) is 2.08. The van der Waals surface area contributed by atoms with Gasteiger partial charge in [-0.3, -0.25) is 0 Å². The molecule has 1 heterocycles. The Morgan fingerprint density at radius 1 is 1.75 bits per heavy atom. The lowest BCUT2D eigenvalue weighted by molar-refractivity contribution is 0.901. The monoisotopic (exact) mass is 182 g/mol. The maximum atomic E-state index is 5.83. The molecule has 0 aliphatic carbocycles. The number of hydrogen-bond acceptors (Lipinski definition) is 2. The van der Waals surface area contributed by atoms with Crippen LogP contribution >= 0.6 is 11.6 Å². The molecule has 0 bridgehead atoms. The van der Waals surface area contributed by atoms with Gasteiger partial charge >= 0.3 is 0 Å². The van der Waals surface area contributed by atoms with Gasteiger partial charge in [-0.05, 0) is 18.6 Å². The van der Waals surface area contributed by atoms with Crippen molar-refractivity contribution in [2.24, 2.45) is 5.73 Å². The van der Waals surface area contributed by atoms with Crippen molar-refractivity contribution in [1.82, 2.24) is 4.98 Å². The van der Waals surface area contributed by atoms with Gasteiger partial charge in [-0.2, -0.15) is 0 Å². The van der Waals surface area contributed by atoms with Gasteiger partial charge in [0.1, 0.15) is 5.15 Å². The third kappa shape index (κ3) is 1.84. The van der Waals surface area contributed by atoms with Crippen molar-refractivity contribution in [3.63, 3.8) is 0 Å². The van der Waals surface area contributed by atoms with Crippen LogP contribution in [0.4, 0.5) is 0 Å². The standard InChI is InChI=1S/C9H11ClN2/c1-3-8(11)7-4-6(2)5-12-9(7)10/h3-5,8H,1,11H2,2H3/t8-/m0/s1. The van der Waals surface area contributed by atoms with Gasteiger partial charge in [-0.1, -0.05) is 17.7 Å². The van der Waals surface area contributed by atoms with Crippen molar-refractivity contribution in [1.29, 1.82) is 0 Å². The van der Waals surface area contributed by atoms with Crippen LogP contribution in [0, 0.1) is 6.92 Å². The summed E-state index contributed by atoms with van der Waals surface area (Å²) in [6.07, 6.45) is 3.35. The quantitative estimate of drug-likeness (QED) is 0.563. The highest BCUT2D eigenvalue weighted by Crippen LogP contribution is 2.20. The summed E-state index contributed by atoms with van der Waals surface area (Å²) in [6, 6.07) is 1.69. The van der Waals surface area contributed by atoms with Gasteiger partial charge in [0, 0.05) is 11.8 Å². The minimum atomic E-state index is -0.232. The van der Waals surface area contributed by atoms with E-state index < -0.39 is 0 Å². The molecule has 1 atom stereocenters. The zero-order valence-corrected chi connectivity index (χ0v) is 7.67. The lowest BCUT2D eigenvalue weighted by Crippen LogP contribution is -2.08. The molecule has 0 radical (unpaired) electrons. The highest BCUT2D eigenvalue weighted by molar-refractivity contribution is 6.30. The van der Waals surface area contributed by atoms with Gasteiger partial charge in [-0.15, -0.1) is 6.58 Å². The second-order valence-electron chi connectivity index (χ2n) is 2.65. The molecule has 1 aromatic rings. The molecule has 1 rings (SSSR count). The molecule has 0 aliphatic rings. The first kappa shape index (κ1) is 9.23. The van der Waals surface area contributed by atoms with Crippen molar-refractivity contribution in [2.75, 3.05) is 0 Å². The first-order valence-electron chi connectivity index (χ1n) is 3.65. The van der Waals surface area contributed by atoms with E-state index in [1.165, 1.54) is 0 Å². The topological polar surface area (TPSA) is 38.9 Å². The van der Waals surface area contributed by atoms with Crippen LogP contribution in [0.1, 0.15) is 17.2 Å². The van der Waals surface area contributed by atoms with Crippen LogP contribution in [-0.4, -0.2) is 4.98 Å². The van der Waals surface area contributed by atoms with Crippen molar-refractivity contribution in [3.05, 3.63) is 41.2 Å². The smallest absolute Gasteiger partial charge is 0.134 e. The number of rotatable bonds is 2. The zero-order valence-electron chi connectivity index (χ0n) is 6.92. The molecule has 0 aromatic carbocycles. The van der Waals surface area contributed by atoms with E-state index in [1.54, 1.807) is 12.3 Å². The van der Waals surface area contributed by atoms with Crippen LogP contribution in [-0.2, 0) is 0 Å². The summed E-state index contributed by atoms with van der Waals surface area (Å²) in [5, 5.41) is 0.452. The predicted octanol–water partition coefficient (Wildman–Crippen LogP) is 2.23. The Kier molecular flexibility index (Phi) is 2.84. The molecule has 0 fully saturated rings. The molecule has 64 valence electrons. The number of pyridine rings is 1. The van der Waals surface area contributed by atoms with Crippen molar-refractivity contribution >= 4 is 11.6 Å². The van der Waals surface area contributed by atoms with E-state index >= 15 is 0 Å². The summed E-state index contributed by atoms with van der Waals surface area (Å²) in [6.45, 7) is 5.54. The van der Waals surface area contributed by atoms with Gasteiger partial charge in [0.05, 0.1) is 6.04 Å². The molecule has 12 heavy (non-hydrogen) atoms. The largest absolute Gasteiger partial charge is 0.321 e. The van der Waals surface area contributed by atoms with Gasteiger partial charge in [0.25, 0.3) is 0 Å². The minimum Gasteiger partial charge on any atom is -0.321 e. The van der Waals surface area contributed by atoms with E-state index in [0.717, 1.165) is 11.1 Å². The van der Waals surface area contributed by atoms with E-state index in [4.69, 9.17) is 17.3 Å². The molecular weight excluding hydrogens is 172 g/mol.